The summed E-state index contributed by atoms with van der Waals surface area (Å²) >= 11 is 3.64. The molecule has 0 atom stereocenters. The second-order valence-corrected chi connectivity index (χ2v) is 4.93. The van der Waals surface area contributed by atoms with Crippen LogP contribution in [0.2, 0.25) is 0 Å². The number of fused-ring (bicyclic) bond motifs is 2. The Morgan fingerprint density at radius 1 is 1.12 bits per heavy atom. The van der Waals surface area contributed by atoms with Gasteiger partial charge in [0.05, 0.1) is 17.7 Å². The third kappa shape index (κ3) is 1.36. The molecule has 0 saturated carbocycles. The molecule has 3 nitrogen and oxygen atoms in total. The van der Waals surface area contributed by atoms with Gasteiger partial charge in [0.1, 0.15) is 11.5 Å². The van der Waals surface area contributed by atoms with Gasteiger partial charge in [-0.25, -0.2) is 0 Å². The molecule has 1 aromatic rings. The van der Waals surface area contributed by atoms with Crippen molar-refractivity contribution in [3.8, 4) is 11.5 Å². The van der Waals surface area contributed by atoms with E-state index in [4.69, 9.17) is 9.47 Å². The van der Waals surface area contributed by atoms with Crippen LogP contribution in [-0.2, 0) is 19.4 Å². The Kier molecular flexibility index (Phi) is 2.56. The molecule has 0 radical (unpaired) electrons. The van der Waals surface area contributed by atoms with Crippen molar-refractivity contribution in [1.29, 1.82) is 0 Å². The van der Waals surface area contributed by atoms with Crippen LogP contribution >= 0.6 is 15.9 Å². The average molecular weight is 284 g/mol. The predicted molar refractivity (Wildman–Crippen MR) is 65.3 cm³/mol. The van der Waals surface area contributed by atoms with Gasteiger partial charge in [-0.05, 0) is 23.0 Å². The van der Waals surface area contributed by atoms with Gasteiger partial charge in [0, 0.05) is 36.1 Å². The molecule has 4 heteroatoms. The van der Waals surface area contributed by atoms with Crippen molar-refractivity contribution in [2.45, 2.75) is 19.4 Å². The van der Waals surface area contributed by atoms with E-state index < -0.39 is 0 Å². The van der Waals surface area contributed by atoms with Gasteiger partial charge in [-0.1, -0.05) is 0 Å². The van der Waals surface area contributed by atoms with Gasteiger partial charge in [0.15, 0.2) is 0 Å². The first kappa shape index (κ1) is 10.4. The van der Waals surface area contributed by atoms with E-state index in [0.717, 1.165) is 48.6 Å². The van der Waals surface area contributed by atoms with Crippen molar-refractivity contribution in [2.24, 2.45) is 0 Å². The van der Waals surface area contributed by atoms with Crippen molar-refractivity contribution < 1.29 is 9.47 Å². The van der Waals surface area contributed by atoms with Gasteiger partial charge < -0.3 is 14.8 Å². The summed E-state index contributed by atoms with van der Waals surface area (Å²) in [6.07, 6.45) is 1.96. The van der Waals surface area contributed by atoms with Gasteiger partial charge in [-0.2, -0.15) is 0 Å². The van der Waals surface area contributed by atoms with Crippen LogP contribution in [0.4, 0.5) is 0 Å². The van der Waals surface area contributed by atoms with Crippen molar-refractivity contribution >= 4 is 15.9 Å². The molecule has 0 unspecified atom stereocenters. The van der Waals surface area contributed by atoms with Crippen molar-refractivity contribution in [3.05, 3.63) is 21.2 Å². The average Bonchev–Trinajstić information content (AvgIpc) is 2.92. The van der Waals surface area contributed by atoms with Crippen LogP contribution in [0.25, 0.3) is 0 Å². The Morgan fingerprint density at radius 3 is 2.56 bits per heavy atom. The number of halogens is 1. The first-order valence-electron chi connectivity index (χ1n) is 5.59. The van der Waals surface area contributed by atoms with E-state index >= 15 is 0 Å². The summed E-state index contributed by atoms with van der Waals surface area (Å²) in [5.74, 6) is 2.11. The standard InChI is InChI=1S/C12H14BrNO2/c1-14-6-9-7-2-4-16-12(7)10(13)8-3-5-15-11(8)9/h14H,2-6H2,1H3. The van der Waals surface area contributed by atoms with E-state index in [9.17, 15) is 0 Å². The van der Waals surface area contributed by atoms with Crippen LogP contribution in [-0.4, -0.2) is 20.3 Å². The minimum Gasteiger partial charge on any atom is -0.493 e. The van der Waals surface area contributed by atoms with E-state index in [1.807, 2.05) is 7.05 Å². The lowest BCUT2D eigenvalue weighted by Crippen LogP contribution is -2.09. The minimum absolute atomic E-state index is 0.785. The first-order chi connectivity index (χ1) is 7.83. The highest BCUT2D eigenvalue weighted by atomic mass is 79.9. The zero-order chi connectivity index (χ0) is 11.1. The fourth-order valence-corrected chi connectivity index (χ4v) is 3.24. The largest absolute Gasteiger partial charge is 0.493 e. The van der Waals surface area contributed by atoms with Crippen LogP contribution < -0.4 is 14.8 Å². The SMILES string of the molecule is CNCc1c2c(c(Br)c3c1OCC3)OCC2. The highest BCUT2D eigenvalue weighted by molar-refractivity contribution is 9.10. The molecule has 1 aromatic carbocycles. The first-order valence-corrected chi connectivity index (χ1v) is 6.38. The molecule has 0 aliphatic carbocycles. The lowest BCUT2D eigenvalue weighted by Gasteiger charge is -2.14. The van der Waals surface area contributed by atoms with Crippen molar-refractivity contribution in [3.63, 3.8) is 0 Å². The maximum Gasteiger partial charge on any atom is 0.137 e. The fraction of sp³-hybridized carbons (Fsp3) is 0.500. The summed E-state index contributed by atoms with van der Waals surface area (Å²) in [6.45, 7) is 2.42. The minimum atomic E-state index is 0.785. The third-order valence-electron chi connectivity index (χ3n) is 3.20. The molecule has 1 N–H and O–H groups in total. The number of hydrogen-bond acceptors (Lipinski definition) is 3. The third-order valence-corrected chi connectivity index (χ3v) is 4.04. The molecule has 2 heterocycles. The van der Waals surface area contributed by atoms with E-state index in [0.29, 0.717) is 0 Å². The second-order valence-electron chi connectivity index (χ2n) is 4.14. The molecule has 3 rings (SSSR count). The van der Waals surface area contributed by atoms with E-state index in [-0.39, 0.29) is 0 Å². The number of benzene rings is 1. The molecule has 0 fully saturated rings. The van der Waals surface area contributed by atoms with Crippen LogP contribution in [0.1, 0.15) is 16.7 Å². The van der Waals surface area contributed by atoms with E-state index in [1.54, 1.807) is 0 Å². The molecule has 2 aliphatic heterocycles. The Morgan fingerprint density at radius 2 is 1.81 bits per heavy atom. The zero-order valence-corrected chi connectivity index (χ0v) is 10.8. The molecule has 0 bridgehead atoms. The Bertz CT molecular complexity index is 410. The van der Waals surface area contributed by atoms with Crippen molar-refractivity contribution in [1.82, 2.24) is 5.32 Å². The van der Waals surface area contributed by atoms with Gasteiger partial charge in [-0.15, -0.1) is 0 Å². The Labute approximate surface area is 103 Å². The summed E-state index contributed by atoms with van der Waals surface area (Å²) in [5.41, 5.74) is 3.86. The quantitative estimate of drug-likeness (QED) is 0.901. The predicted octanol–water partition coefficient (Wildman–Crippen LogP) is 2.04. The molecule has 0 saturated heterocycles. The molecule has 2 aliphatic rings. The van der Waals surface area contributed by atoms with Crippen LogP contribution in [0.3, 0.4) is 0 Å². The van der Waals surface area contributed by atoms with Gasteiger partial charge in [0.2, 0.25) is 0 Å². The van der Waals surface area contributed by atoms with E-state index in [1.165, 1.54) is 16.7 Å². The lowest BCUT2D eigenvalue weighted by molar-refractivity contribution is 0.352. The van der Waals surface area contributed by atoms with Crippen molar-refractivity contribution in [2.75, 3.05) is 20.3 Å². The smallest absolute Gasteiger partial charge is 0.137 e. The Hall–Kier alpha value is -0.740. The van der Waals surface area contributed by atoms with Crippen LogP contribution in [0.5, 0.6) is 11.5 Å². The maximum absolute atomic E-state index is 5.76. The summed E-state index contributed by atoms with van der Waals surface area (Å²) in [6, 6.07) is 0. The number of hydrogen-bond donors (Lipinski definition) is 1. The molecule has 0 aromatic heterocycles. The summed E-state index contributed by atoms with van der Waals surface area (Å²) in [7, 11) is 1.96. The van der Waals surface area contributed by atoms with Gasteiger partial charge >= 0.3 is 0 Å². The van der Waals surface area contributed by atoms with Crippen LogP contribution in [0.15, 0.2) is 4.47 Å². The molecule has 0 amide bonds. The fourth-order valence-electron chi connectivity index (χ4n) is 2.51. The monoisotopic (exact) mass is 283 g/mol. The topological polar surface area (TPSA) is 30.5 Å². The summed E-state index contributed by atoms with van der Waals surface area (Å²) < 4.78 is 12.6. The molecular formula is C12H14BrNO2. The summed E-state index contributed by atoms with van der Waals surface area (Å²) in [4.78, 5) is 0. The zero-order valence-electron chi connectivity index (χ0n) is 9.23. The van der Waals surface area contributed by atoms with Crippen LogP contribution in [0, 0.1) is 0 Å². The maximum atomic E-state index is 5.76. The van der Waals surface area contributed by atoms with Gasteiger partial charge in [-0.3, -0.25) is 0 Å². The highest BCUT2D eigenvalue weighted by Gasteiger charge is 2.29. The second kappa shape index (κ2) is 3.93. The molecule has 0 spiro atoms. The normalized spacial score (nSPS) is 16.6. The van der Waals surface area contributed by atoms with Gasteiger partial charge in [0.25, 0.3) is 0 Å². The number of nitrogens with one attached hydrogen (secondary N) is 1. The molecule has 16 heavy (non-hydrogen) atoms. The number of ether oxygens (including phenoxy) is 2. The van der Waals surface area contributed by atoms with E-state index in [2.05, 4.69) is 21.2 Å². The number of rotatable bonds is 2. The Balaban J connectivity index is 2.23. The molecule has 86 valence electrons. The summed E-state index contributed by atoms with van der Waals surface area (Å²) in [5, 5.41) is 3.21. The highest BCUT2D eigenvalue weighted by Crippen LogP contribution is 2.46. The molecular weight excluding hydrogens is 270 g/mol. The lowest BCUT2D eigenvalue weighted by atomic mass is 9.99.